The molecule has 2 rings (SSSR count). The zero-order valence-electron chi connectivity index (χ0n) is 8.67. The van der Waals surface area contributed by atoms with Crippen molar-refractivity contribution in [2.75, 3.05) is 13.2 Å². The molecule has 0 aliphatic carbocycles. The Kier molecular flexibility index (Phi) is 3.12. The first-order valence-electron chi connectivity index (χ1n) is 5.00. The van der Waals surface area contributed by atoms with Gasteiger partial charge >= 0.3 is 0 Å². The summed E-state index contributed by atoms with van der Waals surface area (Å²) in [7, 11) is 0. The van der Waals surface area contributed by atoms with Crippen molar-refractivity contribution in [3.05, 3.63) is 35.9 Å². The van der Waals surface area contributed by atoms with Crippen molar-refractivity contribution in [2.45, 2.75) is 6.29 Å². The largest absolute Gasteiger partial charge is 0.347 e. The number of rotatable bonds is 3. The molecule has 1 fully saturated rings. The van der Waals surface area contributed by atoms with Crippen LogP contribution in [0.4, 0.5) is 0 Å². The molecule has 0 bridgehead atoms. The van der Waals surface area contributed by atoms with Crippen LogP contribution in [0, 0.1) is 5.41 Å². The highest BCUT2D eigenvalue weighted by Crippen LogP contribution is 2.29. The Balaban J connectivity index is 2.05. The molecule has 1 aliphatic rings. The molecule has 1 aromatic carbocycles. The van der Waals surface area contributed by atoms with E-state index >= 15 is 0 Å². The summed E-state index contributed by atoms with van der Waals surface area (Å²) >= 11 is 0. The quantitative estimate of drug-likeness (QED) is 0.565. The second-order valence-corrected chi connectivity index (χ2v) is 3.83. The van der Waals surface area contributed by atoms with E-state index in [4.69, 9.17) is 9.47 Å². The van der Waals surface area contributed by atoms with Crippen molar-refractivity contribution in [3.8, 4) is 0 Å². The number of carbonyl (C=O) groups is 2. The van der Waals surface area contributed by atoms with E-state index in [1.54, 1.807) is 0 Å². The lowest BCUT2D eigenvalue weighted by Crippen LogP contribution is -2.41. The summed E-state index contributed by atoms with van der Waals surface area (Å²) in [5, 5.41) is 0. The normalized spacial score (nSPS) is 20.2. The summed E-state index contributed by atoms with van der Waals surface area (Å²) in [6, 6.07) is 9.40. The minimum absolute atomic E-state index is 0.0690. The average Bonchev–Trinajstić information content (AvgIpc) is 2.40. The van der Waals surface area contributed by atoms with E-state index in [1.807, 2.05) is 30.3 Å². The van der Waals surface area contributed by atoms with Crippen LogP contribution in [0.1, 0.15) is 11.9 Å². The Bertz CT molecular complexity index is 356. The molecule has 84 valence electrons. The van der Waals surface area contributed by atoms with Gasteiger partial charge in [-0.25, -0.2) is 0 Å². The van der Waals surface area contributed by atoms with E-state index in [-0.39, 0.29) is 13.2 Å². The number of benzene rings is 1. The predicted octanol–water partition coefficient (Wildman–Crippen LogP) is 1.12. The third-order valence-electron chi connectivity index (χ3n) is 2.55. The summed E-state index contributed by atoms with van der Waals surface area (Å²) in [5.74, 6) is 0. The Morgan fingerprint density at radius 3 is 2.12 bits per heavy atom. The molecule has 0 radical (unpaired) electrons. The number of hydrogen-bond donors (Lipinski definition) is 0. The molecule has 0 unspecified atom stereocenters. The first-order chi connectivity index (χ1) is 7.79. The summed E-state index contributed by atoms with van der Waals surface area (Å²) in [5.41, 5.74) is -0.251. The van der Waals surface area contributed by atoms with Gasteiger partial charge in [-0.1, -0.05) is 30.3 Å². The van der Waals surface area contributed by atoms with Gasteiger partial charge in [-0.3, -0.25) is 0 Å². The molecule has 0 atom stereocenters. The van der Waals surface area contributed by atoms with Gasteiger partial charge in [0.2, 0.25) is 0 Å². The molecular formula is C12H12O4. The van der Waals surface area contributed by atoms with Gasteiger partial charge in [0.15, 0.2) is 6.29 Å². The van der Waals surface area contributed by atoms with Crippen LogP contribution in [-0.2, 0) is 19.1 Å². The standard InChI is InChI=1S/C12H12O4/c13-6-12(7-14)8-15-11(16-9-12)10-4-2-1-3-5-10/h1-7,11H,8-9H2. The SMILES string of the molecule is O=CC1(C=O)COC(c2ccccc2)OC1. The molecule has 0 saturated carbocycles. The first-order valence-corrected chi connectivity index (χ1v) is 5.00. The highest BCUT2D eigenvalue weighted by molar-refractivity contribution is 5.84. The number of carbonyl (C=O) groups excluding carboxylic acids is 2. The highest BCUT2D eigenvalue weighted by atomic mass is 16.7. The van der Waals surface area contributed by atoms with Crippen molar-refractivity contribution in [1.29, 1.82) is 0 Å². The number of hydrogen-bond acceptors (Lipinski definition) is 4. The van der Waals surface area contributed by atoms with Crippen LogP contribution < -0.4 is 0 Å². The van der Waals surface area contributed by atoms with Crippen molar-refractivity contribution in [3.63, 3.8) is 0 Å². The van der Waals surface area contributed by atoms with Gasteiger partial charge in [-0.05, 0) is 0 Å². The molecule has 0 N–H and O–H groups in total. The first kappa shape index (κ1) is 11.0. The van der Waals surface area contributed by atoms with E-state index in [2.05, 4.69) is 0 Å². The molecule has 0 spiro atoms. The van der Waals surface area contributed by atoms with Crippen LogP contribution in [-0.4, -0.2) is 25.8 Å². The Morgan fingerprint density at radius 2 is 1.62 bits per heavy atom. The van der Waals surface area contributed by atoms with Crippen LogP contribution in [0.15, 0.2) is 30.3 Å². The molecular weight excluding hydrogens is 208 g/mol. The fraction of sp³-hybridized carbons (Fsp3) is 0.333. The molecule has 1 heterocycles. The summed E-state index contributed by atoms with van der Waals surface area (Å²) in [6.45, 7) is 0.138. The number of ether oxygens (including phenoxy) is 2. The van der Waals surface area contributed by atoms with Crippen molar-refractivity contribution < 1.29 is 19.1 Å². The molecule has 0 amide bonds. The van der Waals surface area contributed by atoms with Gasteiger partial charge in [-0.15, -0.1) is 0 Å². The van der Waals surface area contributed by atoms with E-state index in [0.29, 0.717) is 12.6 Å². The fourth-order valence-electron chi connectivity index (χ4n) is 1.52. The third-order valence-corrected chi connectivity index (χ3v) is 2.55. The molecule has 4 nitrogen and oxygen atoms in total. The van der Waals surface area contributed by atoms with Gasteiger partial charge in [0.1, 0.15) is 18.0 Å². The van der Waals surface area contributed by atoms with Gasteiger partial charge < -0.3 is 19.1 Å². The van der Waals surface area contributed by atoms with Crippen LogP contribution in [0.25, 0.3) is 0 Å². The summed E-state index contributed by atoms with van der Waals surface area (Å²) in [4.78, 5) is 21.5. The Labute approximate surface area is 93.2 Å². The van der Waals surface area contributed by atoms with Crippen molar-refractivity contribution in [1.82, 2.24) is 0 Å². The van der Waals surface area contributed by atoms with Gasteiger partial charge in [0, 0.05) is 5.56 Å². The highest BCUT2D eigenvalue weighted by Gasteiger charge is 2.37. The smallest absolute Gasteiger partial charge is 0.183 e. The lowest BCUT2D eigenvalue weighted by Gasteiger charge is -2.32. The second kappa shape index (κ2) is 4.55. The second-order valence-electron chi connectivity index (χ2n) is 3.83. The van der Waals surface area contributed by atoms with Crippen LogP contribution in [0.3, 0.4) is 0 Å². The maximum Gasteiger partial charge on any atom is 0.183 e. The minimum atomic E-state index is -1.13. The van der Waals surface area contributed by atoms with Crippen LogP contribution >= 0.6 is 0 Å². The minimum Gasteiger partial charge on any atom is -0.347 e. The number of aldehydes is 2. The van der Waals surface area contributed by atoms with Gasteiger partial charge in [0.05, 0.1) is 13.2 Å². The predicted molar refractivity (Wildman–Crippen MR) is 55.6 cm³/mol. The van der Waals surface area contributed by atoms with E-state index in [0.717, 1.165) is 5.56 Å². The fourth-order valence-corrected chi connectivity index (χ4v) is 1.52. The summed E-state index contributed by atoms with van der Waals surface area (Å²) in [6.07, 6.45) is 0.678. The van der Waals surface area contributed by atoms with Crippen molar-refractivity contribution >= 4 is 12.6 Å². The van der Waals surface area contributed by atoms with E-state index in [9.17, 15) is 9.59 Å². The van der Waals surface area contributed by atoms with E-state index < -0.39 is 11.7 Å². The van der Waals surface area contributed by atoms with Gasteiger partial charge in [-0.2, -0.15) is 0 Å². The van der Waals surface area contributed by atoms with Crippen LogP contribution in [0.5, 0.6) is 0 Å². The lowest BCUT2D eigenvalue weighted by atomic mass is 9.93. The average molecular weight is 220 g/mol. The Morgan fingerprint density at radius 1 is 1.06 bits per heavy atom. The third kappa shape index (κ3) is 2.03. The monoisotopic (exact) mass is 220 g/mol. The van der Waals surface area contributed by atoms with Gasteiger partial charge in [0.25, 0.3) is 0 Å². The maximum atomic E-state index is 10.8. The Hall–Kier alpha value is -1.52. The lowest BCUT2D eigenvalue weighted by molar-refractivity contribution is -0.221. The molecule has 1 saturated heterocycles. The summed E-state index contributed by atoms with van der Waals surface area (Å²) < 4.78 is 10.8. The molecule has 16 heavy (non-hydrogen) atoms. The maximum absolute atomic E-state index is 10.8. The molecule has 0 aromatic heterocycles. The zero-order valence-corrected chi connectivity index (χ0v) is 8.67. The van der Waals surface area contributed by atoms with E-state index in [1.165, 1.54) is 0 Å². The molecule has 1 aliphatic heterocycles. The molecule has 4 heteroatoms. The van der Waals surface area contributed by atoms with Crippen LogP contribution in [0.2, 0.25) is 0 Å². The molecule has 1 aromatic rings. The zero-order chi connectivity index (χ0) is 11.4. The van der Waals surface area contributed by atoms with Crippen molar-refractivity contribution in [2.24, 2.45) is 5.41 Å². The topological polar surface area (TPSA) is 52.6 Å².